The second-order valence-corrected chi connectivity index (χ2v) is 7.39. The van der Waals surface area contributed by atoms with Crippen molar-refractivity contribution in [3.8, 4) is 0 Å². The molecule has 2 aromatic carbocycles. The first-order valence-electron chi connectivity index (χ1n) is 10.3. The molecule has 32 heavy (non-hydrogen) atoms. The normalized spacial score (nSPS) is 29.4. The van der Waals surface area contributed by atoms with Crippen LogP contribution in [0.4, 0.5) is 10.5 Å². The largest absolute Gasteiger partial charge is 0.455 e. The van der Waals surface area contributed by atoms with Crippen molar-refractivity contribution < 1.29 is 38.0 Å². The fraction of sp³-hybridized carbons (Fsp3) is 0.391. The van der Waals surface area contributed by atoms with Crippen molar-refractivity contribution in [2.75, 3.05) is 19.0 Å². The first-order valence-corrected chi connectivity index (χ1v) is 10.3. The van der Waals surface area contributed by atoms with Crippen LogP contribution in [-0.2, 0) is 33.2 Å². The molecule has 1 unspecified atom stereocenters. The Balaban J connectivity index is 1.55. The summed E-state index contributed by atoms with van der Waals surface area (Å²) in [5.74, 6) is -0.547. The van der Waals surface area contributed by atoms with Gasteiger partial charge in [-0.15, -0.1) is 0 Å². The van der Waals surface area contributed by atoms with Crippen molar-refractivity contribution in [2.24, 2.45) is 0 Å². The first kappa shape index (κ1) is 22.2. The molecule has 2 aromatic rings. The number of methoxy groups -OCH3 is 1. The summed E-state index contributed by atoms with van der Waals surface area (Å²) in [6, 6.07) is 18.2. The summed E-state index contributed by atoms with van der Waals surface area (Å²) in [6.07, 6.45) is -5.76. The van der Waals surface area contributed by atoms with Crippen molar-refractivity contribution in [2.45, 2.75) is 43.9 Å². The average molecular weight is 443 g/mol. The van der Waals surface area contributed by atoms with Crippen molar-refractivity contribution in [1.82, 2.24) is 0 Å². The van der Waals surface area contributed by atoms with E-state index in [1.165, 1.54) is 14.0 Å². The van der Waals surface area contributed by atoms with E-state index in [-0.39, 0.29) is 6.61 Å². The number of hydrogen-bond acceptors (Lipinski definition) is 8. The molecule has 1 N–H and O–H groups in total. The number of anilines is 1. The number of benzene rings is 2. The maximum Gasteiger partial charge on any atom is 0.412 e. The molecule has 0 bridgehead atoms. The Labute approximate surface area is 185 Å². The zero-order valence-corrected chi connectivity index (χ0v) is 17.7. The minimum atomic E-state index is -1.07. The Kier molecular flexibility index (Phi) is 7.01. The van der Waals surface area contributed by atoms with Crippen molar-refractivity contribution in [1.29, 1.82) is 0 Å². The number of hydrogen-bond donors (Lipinski definition) is 1. The summed E-state index contributed by atoms with van der Waals surface area (Å²) in [4.78, 5) is 24.5. The van der Waals surface area contributed by atoms with Crippen LogP contribution in [0, 0.1) is 0 Å². The third-order valence-electron chi connectivity index (χ3n) is 5.15. The number of nitrogens with one attached hydrogen (secondary N) is 1. The summed E-state index contributed by atoms with van der Waals surface area (Å²) in [6.45, 7) is 1.46. The Hall–Kier alpha value is -2.98. The molecular formula is C23H25NO8. The number of ether oxygens (including phenoxy) is 6. The van der Waals surface area contributed by atoms with E-state index >= 15 is 0 Å². The van der Waals surface area contributed by atoms with E-state index in [1.807, 2.05) is 36.4 Å². The van der Waals surface area contributed by atoms with Gasteiger partial charge in [-0.2, -0.15) is 0 Å². The molecule has 9 nitrogen and oxygen atoms in total. The van der Waals surface area contributed by atoms with E-state index in [4.69, 9.17) is 28.4 Å². The SMILES string of the molecule is CO[C@H]1O[C@@H]2COC(c3ccccc3)O[C@H]2[C@H](OC(C)=O)[C@H]1OC(=O)Nc1ccccc1. The summed E-state index contributed by atoms with van der Waals surface area (Å²) in [5.41, 5.74) is 1.36. The zero-order valence-electron chi connectivity index (χ0n) is 17.7. The van der Waals surface area contributed by atoms with Gasteiger partial charge in [0, 0.05) is 25.3 Å². The monoisotopic (exact) mass is 443 g/mol. The Morgan fingerprint density at radius 2 is 1.62 bits per heavy atom. The number of rotatable bonds is 5. The molecular weight excluding hydrogens is 418 g/mol. The molecule has 0 aliphatic carbocycles. The Morgan fingerprint density at radius 1 is 0.938 bits per heavy atom. The lowest BCUT2D eigenvalue weighted by Crippen LogP contribution is -2.64. The molecule has 0 saturated carbocycles. The lowest BCUT2D eigenvalue weighted by molar-refractivity contribution is -0.357. The zero-order chi connectivity index (χ0) is 22.5. The van der Waals surface area contributed by atoms with E-state index in [1.54, 1.807) is 24.3 Å². The number of para-hydroxylation sites is 1. The van der Waals surface area contributed by atoms with Crippen LogP contribution >= 0.6 is 0 Å². The minimum absolute atomic E-state index is 0.185. The summed E-state index contributed by atoms with van der Waals surface area (Å²) < 4.78 is 34.4. The molecule has 0 spiro atoms. The number of carbonyl (C=O) groups is 2. The highest BCUT2D eigenvalue weighted by Gasteiger charge is 2.53. The molecule has 2 aliphatic rings. The molecule has 1 amide bonds. The van der Waals surface area contributed by atoms with Crippen molar-refractivity contribution in [3.63, 3.8) is 0 Å². The predicted molar refractivity (Wildman–Crippen MR) is 112 cm³/mol. The maximum absolute atomic E-state index is 12.6. The summed E-state index contributed by atoms with van der Waals surface area (Å²) in [7, 11) is 1.42. The van der Waals surface area contributed by atoms with Gasteiger partial charge in [-0.1, -0.05) is 48.5 Å². The topological polar surface area (TPSA) is 102 Å². The van der Waals surface area contributed by atoms with E-state index in [9.17, 15) is 9.59 Å². The van der Waals surface area contributed by atoms with Crippen LogP contribution in [0.5, 0.6) is 0 Å². The Morgan fingerprint density at radius 3 is 2.28 bits per heavy atom. The fourth-order valence-electron chi connectivity index (χ4n) is 3.76. The van der Waals surface area contributed by atoms with Crippen molar-refractivity contribution >= 4 is 17.7 Å². The van der Waals surface area contributed by atoms with Gasteiger partial charge in [0.2, 0.25) is 0 Å². The highest BCUT2D eigenvalue weighted by atomic mass is 16.8. The minimum Gasteiger partial charge on any atom is -0.455 e. The fourth-order valence-corrected chi connectivity index (χ4v) is 3.76. The van der Waals surface area contributed by atoms with E-state index < -0.39 is 49.1 Å². The average Bonchev–Trinajstić information content (AvgIpc) is 2.81. The number of esters is 1. The maximum atomic E-state index is 12.6. The molecule has 2 saturated heterocycles. The van der Waals surface area contributed by atoms with Crippen LogP contribution in [0.25, 0.3) is 0 Å². The summed E-state index contributed by atoms with van der Waals surface area (Å²) >= 11 is 0. The Bertz CT molecular complexity index is 909. The van der Waals surface area contributed by atoms with E-state index in [2.05, 4.69) is 5.32 Å². The second-order valence-electron chi connectivity index (χ2n) is 7.39. The van der Waals surface area contributed by atoms with Crippen LogP contribution in [-0.4, -0.2) is 56.5 Å². The number of carbonyl (C=O) groups excluding carboxylic acids is 2. The molecule has 2 fully saturated rings. The van der Waals surface area contributed by atoms with Crippen LogP contribution in [0.3, 0.4) is 0 Å². The lowest BCUT2D eigenvalue weighted by atomic mass is 9.97. The molecule has 0 aromatic heterocycles. The van der Waals surface area contributed by atoms with E-state index in [0.29, 0.717) is 5.69 Å². The van der Waals surface area contributed by atoms with Gasteiger partial charge in [0.25, 0.3) is 0 Å². The van der Waals surface area contributed by atoms with Gasteiger partial charge in [0.15, 0.2) is 24.8 Å². The van der Waals surface area contributed by atoms with Gasteiger partial charge >= 0.3 is 12.1 Å². The van der Waals surface area contributed by atoms with Crippen LogP contribution in [0.15, 0.2) is 60.7 Å². The van der Waals surface area contributed by atoms with Crippen LogP contribution < -0.4 is 5.32 Å². The molecule has 2 aliphatic heterocycles. The molecule has 2 heterocycles. The van der Waals surface area contributed by atoms with Crippen LogP contribution in [0.1, 0.15) is 18.8 Å². The number of fused-ring (bicyclic) bond motifs is 1. The smallest absolute Gasteiger partial charge is 0.412 e. The van der Waals surface area contributed by atoms with Gasteiger partial charge < -0.3 is 28.4 Å². The molecule has 170 valence electrons. The van der Waals surface area contributed by atoms with Gasteiger partial charge in [-0.3, -0.25) is 10.1 Å². The van der Waals surface area contributed by atoms with Crippen LogP contribution in [0.2, 0.25) is 0 Å². The predicted octanol–water partition coefficient (Wildman–Crippen LogP) is 3.02. The second kappa shape index (κ2) is 10.1. The van der Waals surface area contributed by atoms with Gasteiger partial charge in [-0.25, -0.2) is 4.79 Å². The van der Waals surface area contributed by atoms with Gasteiger partial charge in [-0.05, 0) is 12.1 Å². The molecule has 0 radical (unpaired) electrons. The lowest BCUT2D eigenvalue weighted by Gasteiger charge is -2.47. The quantitative estimate of drug-likeness (QED) is 0.704. The molecule has 4 rings (SSSR count). The first-order chi connectivity index (χ1) is 15.5. The molecule has 6 atom stereocenters. The molecule has 9 heteroatoms. The highest BCUT2D eigenvalue weighted by Crippen LogP contribution is 2.36. The van der Waals surface area contributed by atoms with Crippen molar-refractivity contribution in [3.05, 3.63) is 66.2 Å². The third kappa shape index (κ3) is 5.08. The summed E-state index contributed by atoms with van der Waals surface area (Å²) in [5, 5.41) is 2.64. The van der Waals surface area contributed by atoms with Gasteiger partial charge in [0.05, 0.1) is 6.61 Å². The highest BCUT2D eigenvalue weighted by molar-refractivity contribution is 5.84. The third-order valence-corrected chi connectivity index (χ3v) is 5.15. The standard InChI is InChI=1S/C23H25NO8/c1-14(25)29-19-18-17(13-28-21(31-18)15-9-5-3-6-10-15)30-22(27-2)20(19)32-23(26)24-16-11-7-4-8-12-16/h3-12,17-22H,13H2,1-2H3,(H,24,26)/t17-,18-,19+,20-,21?,22+/m1/s1. The van der Waals surface area contributed by atoms with Gasteiger partial charge in [0.1, 0.15) is 12.2 Å². The number of amides is 1. The van der Waals surface area contributed by atoms with E-state index in [0.717, 1.165) is 5.56 Å².